The predicted octanol–water partition coefficient (Wildman–Crippen LogP) is 20.5. The van der Waals surface area contributed by atoms with Crippen LogP contribution in [0.1, 0.15) is 137 Å². The molecule has 103 heavy (non-hydrogen) atoms. The van der Waals surface area contributed by atoms with Gasteiger partial charge in [0, 0.05) is 66.5 Å². The molecule has 0 heterocycles. The molecule has 0 aromatic heterocycles. The van der Waals surface area contributed by atoms with Crippen LogP contribution in [0.15, 0.2) is 146 Å². The Morgan fingerprint density at radius 1 is 0.291 bits per heavy atom. The minimum absolute atomic E-state index is 0. The summed E-state index contributed by atoms with van der Waals surface area (Å²) in [4.78, 5) is 2.19. The van der Waals surface area contributed by atoms with Crippen LogP contribution < -0.4 is 37.0 Å². The SMILES string of the molecule is CC(C)(C)N([O-])c1ccccc1CN(Cc1ccccc1N([O-])C(C)(C)C)Cc1ccccc1N([O-])C(C)(C)C.CCOCC.FC(F)(F)c1cc([B-](c2cc(C(F)(F)F)cc(C(F)(F)F)c2)(c2cc(C(F)(F)F)cc(C(F)(F)F)c2)c2cc(C(F)(F)F)cc(C(F)(F)F)c2)cc(C(F)(F)F)c1.[Th+4]. The van der Waals surface area contributed by atoms with Crippen molar-refractivity contribution in [2.24, 2.45) is 0 Å². The number of ether oxygens (including phenoxy) is 1. The minimum atomic E-state index is -6.13. The molecule has 562 valence electrons. The molecule has 0 atom stereocenters. The molecule has 0 fully saturated rings. The Morgan fingerprint density at radius 2 is 0.456 bits per heavy atom. The zero-order chi connectivity index (χ0) is 77.9. The van der Waals surface area contributed by atoms with Crippen LogP contribution in [0.2, 0.25) is 0 Å². The second-order valence-corrected chi connectivity index (χ2v) is 26.4. The minimum Gasteiger partial charge on any atom is -0.758 e. The van der Waals surface area contributed by atoms with E-state index in [0.717, 1.165) is 45.1 Å². The van der Waals surface area contributed by atoms with E-state index in [1.807, 2.05) is 149 Å². The topological polar surface area (TPSA) is 91.4 Å². The van der Waals surface area contributed by atoms with Crippen molar-refractivity contribution in [3.8, 4) is 0 Å². The van der Waals surface area contributed by atoms with Gasteiger partial charge in [0.1, 0.15) is 6.15 Å². The van der Waals surface area contributed by atoms with Crippen molar-refractivity contribution in [2.75, 3.05) is 28.4 Å². The van der Waals surface area contributed by atoms with Crippen LogP contribution in [0.25, 0.3) is 0 Å². The fourth-order valence-electron chi connectivity index (χ4n) is 10.8. The summed E-state index contributed by atoms with van der Waals surface area (Å²) in [5.74, 6) is 0. The first-order valence-electron chi connectivity index (χ1n) is 30.5. The van der Waals surface area contributed by atoms with Gasteiger partial charge in [-0.2, -0.15) is 127 Å². The Hall–Kier alpha value is -6.55. The van der Waals surface area contributed by atoms with Crippen LogP contribution in [0, 0.1) is 55.6 Å². The third-order valence-electron chi connectivity index (χ3n) is 15.5. The molecule has 0 bridgehead atoms. The number of hydroxylamine groups is 3. The third kappa shape index (κ3) is 23.0. The van der Waals surface area contributed by atoms with Gasteiger partial charge in [0.25, 0.3) is 0 Å². The van der Waals surface area contributed by atoms with Gasteiger partial charge in [-0.3, -0.25) is 4.90 Å². The molecule has 0 spiro atoms. The molecule has 0 aliphatic heterocycles. The number of halogens is 24. The molecule has 0 N–H and O–H groups in total. The van der Waals surface area contributed by atoms with E-state index < -0.39 is 211 Å². The van der Waals surface area contributed by atoms with Crippen LogP contribution in [0.3, 0.4) is 0 Å². The molecule has 7 rings (SSSR count). The van der Waals surface area contributed by atoms with Crippen molar-refractivity contribution in [1.82, 2.24) is 4.90 Å². The molecule has 7 aromatic carbocycles. The summed E-state index contributed by atoms with van der Waals surface area (Å²) < 4.78 is 346. The average Bonchev–Trinajstić information content (AvgIpc) is 0.707. The van der Waals surface area contributed by atoms with Crippen LogP contribution in [0.4, 0.5) is 122 Å². The van der Waals surface area contributed by atoms with E-state index in [1.165, 1.54) is 0 Å². The van der Waals surface area contributed by atoms with E-state index in [2.05, 4.69) is 4.90 Å². The van der Waals surface area contributed by atoms with Crippen molar-refractivity contribution in [2.45, 2.75) is 162 Å². The Morgan fingerprint density at radius 3 is 0.592 bits per heavy atom. The molecule has 0 saturated heterocycles. The van der Waals surface area contributed by atoms with Crippen LogP contribution in [-0.2, 0) is 73.8 Å². The van der Waals surface area contributed by atoms with E-state index in [0.29, 0.717) is 36.7 Å². The number of alkyl halides is 24. The van der Waals surface area contributed by atoms with Crippen molar-refractivity contribution < 1.29 is 150 Å². The molecule has 0 unspecified atom stereocenters. The third-order valence-corrected chi connectivity index (χ3v) is 15.5. The van der Waals surface area contributed by atoms with Gasteiger partial charge in [0.05, 0.1) is 44.5 Å². The Kier molecular flexibility index (Phi) is 28.2. The maximum atomic E-state index is 14.2. The fraction of sp³-hybridized carbons (Fsp3) is 0.391. The molecule has 34 heteroatoms. The molecular weight excluding hydrogens is 1650 g/mol. The van der Waals surface area contributed by atoms with Crippen molar-refractivity contribution >= 4 is 45.1 Å². The standard InChI is InChI=1S/C33H45N4O3.C32H12BF24.C4H10O.Th/c1-31(2,3)35(38)28-19-13-10-16-25(28)22-34(23-26-17-11-14-20-29(26)36(39)32(4,5)6)24-27-18-12-15-21-30(27)37(40)33(7,8)9;34-25(35,36)13-1-14(26(37,38)39)6-21(5-13)33(22-7-15(27(40,41)42)2-16(8-22)28(43,44)45,23-9-17(29(46,47)48)3-18(10-23)30(49,50)51)24-11-19(31(52,53)54)4-20(12-24)32(55,56)57;1-3-5-4-2;/h10-21H,22-24H2,1-9H3;1-12H;3-4H2,1-2H3;/q-3;-1;;+4. The van der Waals surface area contributed by atoms with Gasteiger partial charge in [0.15, 0.2) is 0 Å². The first-order valence-corrected chi connectivity index (χ1v) is 30.5. The largest absolute Gasteiger partial charge is 4.00 e. The van der Waals surface area contributed by atoms with E-state index in [9.17, 15) is 121 Å². The Labute approximate surface area is 609 Å². The summed E-state index contributed by atoms with van der Waals surface area (Å²) in [7, 11) is 0. The number of benzene rings is 7. The Balaban J connectivity index is 0.000000427. The number of anilines is 3. The average molecular weight is 1720 g/mol. The van der Waals surface area contributed by atoms with Crippen molar-refractivity contribution in [3.05, 3.63) is 222 Å². The van der Waals surface area contributed by atoms with Crippen LogP contribution >= 0.6 is 0 Å². The maximum Gasteiger partial charge on any atom is 4.00 e. The van der Waals surface area contributed by atoms with Crippen molar-refractivity contribution in [1.29, 1.82) is 0 Å². The first kappa shape index (κ1) is 88.8. The molecule has 0 amide bonds. The van der Waals surface area contributed by atoms with Crippen LogP contribution in [0.5, 0.6) is 0 Å². The maximum absolute atomic E-state index is 14.2. The summed E-state index contributed by atoms with van der Waals surface area (Å²) in [6.45, 7) is 24.1. The second-order valence-electron chi connectivity index (χ2n) is 26.4. The van der Waals surface area contributed by atoms with Crippen molar-refractivity contribution in [3.63, 3.8) is 0 Å². The van der Waals surface area contributed by atoms with E-state index in [-0.39, 0.29) is 39.9 Å². The van der Waals surface area contributed by atoms with E-state index in [1.54, 1.807) is 0 Å². The molecule has 0 radical (unpaired) electrons. The monoisotopic (exact) mass is 1710 g/mol. The fourth-order valence-corrected chi connectivity index (χ4v) is 10.8. The summed E-state index contributed by atoms with van der Waals surface area (Å²) >= 11 is 0. The summed E-state index contributed by atoms with van der Waals surface area (Å²) in [5, 5.41) is 43.1. The summed E-state index contributed by atoms with van der Waals surface area (Å²) in [6.07, 6.45) is -54.8. The van der Waals surface area contributed by atoms with Gasteiger partial charge in [0.2, 0.25) is 0 Å². The number of nitrogens with zero attached hydrogens (tertiary/aromatic N) is 4. The number of hydrogen-bond acceptors (Lipinski definition) is 8. The quantitative estimate of drug-likeness (QED) is 0.0570. The molecule has 0 saturated carbocycles. The van der Waals surface area contributed by atoms with Gasteiger partial charge in [-0.25, -0.2) is 0 Å². The molecule has 0 aliphatic carbocycles. The number of para-hydroxylation sites is 3. The zero-order valence-electron chi connectivity index (χ0n) is 56.5. The summed E-state index contributed by atoms with van der Waals surface area (Å²) in [5.41, 5.74) is -27.5. The first-order chi connectivity index (χ1) is 46.2. The Bertz CT molecular complexity index is 3380. The number of rotatable bonds is 15. The molecular formula is C69H67BF24N4O4Th. The van der Waals surface area contributed by atoms with E-state index in [4.69, 9.17) is 4.74 Å². The zero-order valence-corrected chi connectivity index (χ0v) is 60.6. The van der Waals surface area contributed by atoms with Gasteiger partial charge >= 0.3 is 89.4 Å². The second kappa shape index (κ2) is 32.7. The van der Waals surface area contributed by atoms with E-state index >= 15 is 0 Å². The van der Waals surface area contributed by atoms with Gasteiger partial charge in [-0.05, 0) is 135 Å². The molecule has 7 aromatic rings. The predicted molar refractivity (Wildman–Crippen MR) is 341 cm³/mol. The number of hydrogen-bond donors (Lipinski definition) is 0. The smallest absolute Gasteiger partial charge is 0.758 e. The van der Waals surface area contributed by atoms with Gasteiger partial charge in [-0.15, -0.1) is 0 Å². The van der Waals surface area contributed by atoms with Crippen LogP contribution in [-0.4, -0.2) is 40.9 Å². The molecule has 0 aliphatic rings. The molecule has 8 nitrogen and oxygen atoms in total. The normalized spacial score (nSPS) is 13.2. The van der Waals surface area contributed by atoms with Gasteiger partial charge < -0.3 is 35.5 Å². The summed E-state index contributed by atoms with van der Waals surface area (Å²) in [6, 6.07) is 14.1. The van der Waals surface area contributed by atoms with Gasteiger partial charge in [-0.1, -0.05) is 103 Å².